The molecular weight excluding hydrogens is 482 g/mol. The van der Waals surface area contributed by atoms with E-state index < -0.39 is 47.9 Å². The van der Waals surface area contributed by atoms with Crippen LogP contribution < -0.4 is 21.7 Å². The summed E-state index contributed by atoms with van der Waals surface area (Å²) in [6, 6.07) is 3.89. The first-order valence-electron chi connectivity index (χ1n) is 12.0. The van der Waals surface area contributed by atoms with Crippen molar-refractivity contribution in [3.05, 3.63) is 36.0 Å². The van der Waals surface area contributed by atoms with Gasteiger partial charge in [0, 0.05) is 17.1 Å². The summed E-state index contributed by atoms with van der Waals surface area (Å²) < 4.78 is 0. The van der Waals surface area contributed by atoms with Gasteiger partial charge in [0.2, 0.25) is 17.7 Å². The smallest absolute Gasteiger partial charge is 0.326 e. The third kappa shape index (κ3) is 8.56. The van der Waals surface area contributed by atoms with Gasteiger partial charge in [0.1, 0.15) is 18.1 Å². The van der Waals surface area contributed by atoms with Crippen LogP contribution in [0.3, 0.4) is 0 Å². The van der Waals surface area contributed by atoms with Crippen molar-refractivity contribution in [2.45, 2.75) is 64.2 Å². The minimum atomic E-state index is -1.13. The molecule has 0 saturated carbocycles. The molecule has 0 aliphatic carbocycles. The SMILES string of the molecule is CSCCC(NC(=O)C(CC(C)C)NC(=O)C(C)NC(=O)C(N)Cc1c[nH]c2ccccc12)C(=O)O. The number of aromatic nitrogens is 1. The van der Waals surface area contributed by atoms with Crippen molar-refractivity contribution in [1.82, 2.24) is 20.9 Å². The lowest BCUT2D eigenvalue weighted by Crippen LogP contribution is -2.56. The summed E-state index contributed by atoms with van der Waals surface area (Å²) in [5.74, 6) is -2.11. The Labute approximate surface area is 215 Å². The van der Waals surface area contributed by atoms with Gasteiger partial charge in [-0.2, -0.15) is 11.8 Å². The van der Waals surface area contributed by atoms with Crippen LogP contribution in [-0.2, 0) is 25.6 Å². The first-order valence-corrected chi connectivity index (χ1v) is 13.4. The Morgan fingerprint density at radius 3 is 2.31 bits per heavy atom. The number of aliphatic carboxylic acids is 1. The number of hydrogen-bond acceptors (Lipinski definition) is 6. The fraction of sp³-hybridized carbons (Fsp3) is 0.520. The molecule has 2 rings (SSSR count). The molecule has 0 radical (unpaired) electrons. The van der Waals surface area contributed by atoms with E-state index in [1.807, 2.05) is 50.6 Å². The molecule has 1 aromatic heterocycles. The number of carboxylic acid groups (broad SMARTS) is 1. The number of carboxylic acids is 1. The summed E-state index contributed by atoms with van der Waals surface area (Å²) in [4.78, 5) is 53.0. The van der Waals surface area contributed by atoms with Gasteiger partial charge >= 0.3 is 5.97 Å². The van der Waals surface area contributed by atoms with Crippen LogP contribution in [-0.4, -0.2) is 70.0 Å². The van der Waals surface area contributed by atoms with Crippen LogP contribution in [0.15, 0.2) is 30.5 Å². The molecule has 0 saturated heterocycles. The maximum atomic E-state index is 12.8. The Kier molecular flexibility index (Phi) is 11.3. The highest BCUT2D eigenvalue weighted by molar-refractivity contribution is 7.98. The molecule has 3 amide bonds. The standard InChI is InChI=1S/C25H37N5O5S/c1-14(2)11-21(24(33)29-20(25(34)35)9-10-36-4)30-22(31)15(3)28-23(32)18(26)12-16-13-27-19-8-6-5-7-17(16)19/h5-8,13-15,18,20-21,27H,9-12,26H2,1-4H3,(H,28,32)(H,29,33)(H,30,31)(H,34,35). The average molecular weight is 520 g/mol. The van der Waals surface area contributed by atoms with Gasteiger partial charge in [-0.05, 0) is 55.7 Å². The first-order chi connectivity index (χ1) is 17.0. The highest BCUT2D eigenvalue weighted by atomic mass is 32.2. The third-order valence-electron chi connectivity index (χ3n) is 5.77. The van der Waals surface area contributed by atoms with Crippen molar-refractivity contribution in [2.75, 3.05) is 12.0 Å². The lowest BCUT2D eigenvalue weighted by Gasteiger charge is -2.24. The van der Waals surface area contributed by atoms with Crippen molar-refractivity contribution in [2.24, 2.45) is 11.7 Å². The molecule has 2 aromatic rings. The second kappa shape index (κ2) is 13.9. The number of para-hydroxylation sites is 1. The molecular formula is C25H37N5O5S. The number of amides is 3. The van der Waals surface area contributed by atoms with Gasteiger partial charge < -0.3 is 31.8 Å². The van der Waals surface area contributed by atoms with Crippen LogP contribution in [0.4, 0.5) is 0 Å². The Balaban J connectivity index is 1.97. The number of fused-ring (bicyclic) bond motifs is 1. The lowest BCUT2D eigenvalue weighted by atomic mass is 10.0. The van der Waals surface area contributed by atoms with Crippen LogP contribution >= 0.6 is 11.8 Å². The number of hydrogen-bond donors (Lipinski definition) is 6. The van der Waals surface area contributed by atoms with E-state index in [4.69, 9.17) is 5.73 Å². The normalized spacial score (nSPS) is 14.6. The molecule has 0 aliphatic rings. The number of H-pyrrole nitrogens is 1. The van der Waals surface area contributed by atoms with Crippen molar-refractivity contribution in [3.63, 3.8) is 0 Å². The van der Waals surface area contributed by atoms with Crippen molar-refractivity contribution >= 4 is 46.4 Å². The average Bonchev–Trinajstić information content (AvgIpc) is 3.23. The molecule has 11 heteroatoms. The van der Waals surface area contributed by atoms with E-state index in [1.54, 1.807) is 0 Å². The Morgan fingerprint density at radius 2 is 1.67 bits per heavy atom. The highest BCUT2D eigenvalue weighted by Gasteiger charge is 2.29. The summed E-state index contributed by atoms with van der Waals surface area (Å²) in [6.45, 7) is 5.29. The Hall–Kier alpha value is -3.05. The van der Waals surface area contributed by atoms with E-state index >= 15 is 0 Å². The molecule has 4 unspecified atom stereocenters. The molecule has 0 bridgehead atoms. The van der Waals surface area contributed by atoms with Crippen molar-refractivity contribution < 1.29 is 24.3 Å². The monoisotopic (exact) mass is 519 g/mol. The molecule has 36 heavy (non-hydrogen) atoms. The third-order valence-corrected chi connectivity index (χ3v) is 6.41. The Bertz CT molecular complexity index is 1060. The predicted octanol–water partition coefficient (Wildman–Crippen LogP) is 1.40. The van der Waals surface area contributed by atoms with Gasteiger partial charge in [-0.15, -0.1) is 0 Å². The number of benzene rings is 1. The maximum absolute atomic E-state index is 12.8. The molecule has 1 aromatic carbocycles. The number of thioether (sulfide) groups is 1. The zero-order valence-electron chi connectivity index (χ0n) is 21.2. The van der Waals surface area contributed by atoms with E-state index in [-0.39, 0.29) is 18.8 Å². The summed E-state index contributed by atoms with van der Waals surface area (Å²) in [5.41, 5.74) is 7.95. The topological polar surface area (TPSA) is 166 Å². The van der Waals surface area contributed by atoms with E-state index in [0.29, 0.717) is 12.2 Å². The summed E-state index contributed by atoms with van der Waals surface area (Å²) in [6.07, 6.45) is 4.53. The minimum Gasteiger partial charge on any atom is -0.480 e. The number of carbonyl (C=O) groups is 4. The molecule has 10 nitrogen and oxygen atoms in total. The number of aromatic amines is 1. The molecule has 4 atom stereocenters. The van der Waals surface area contributed by atoms with E-state index in [2.05, 4.69) is 20.9 Å². The second-order valence-electron chi connectivity index (χ2n) is 9.27. The molecule has 1 heterocycles. The first kappa shape index (κ1) is 29.2. The largest absolute Gasteiger partial charge is 0.480 e. The van der Waals surface area contributed by atoms with Crippen LogP contribution in [0.2, 0.25) is 0 Å². The molecule has 0 fully saturated rings. The van der Waals surface area contributed by atoms with Crippen LogP contribution in [0.1, 0.15) is 39.2 Å². The van der Waals surface area contributed by atoms with E-state index in [1.165, 1.54) is 18.7 Å². The number of nitrogens with one attached hydrogen (secondary N) is 4. The van der Waals surface area contributed by atoms with Gasteiger partial charge in [-0.25, -0.2) is 4.79 Å². The van der Waals surface area contributed by atoms with Gasteiger partial charge in [-0.1, -0.05) is 32.0 Å². The molecule has 0 spiro atoms. The quantitative estimate of drug-likeness (QED) is 0.219. The summed E-state index contributed by atoms with van der Waals surface area (Å²) >= 11 is 1.48. The van der Waals surface area contributed by atoms with Gasteiger partial charge in [0.05, 0.1) is 6.04 Å². The zero-order valence-corrected chi connectivity index (χ0v) is 22.0. The fourth-order valence-electron chi connectivity index (χ4n) is 3.78. The molecule has 198 valence electrons. The molecule has 0 aliphatic heterocycles. The van der Waals surface area contributed by atoms with Crippen LogP contribution in [0, 0.1) is 5.92 Å². The van der Waals surface area contributed by atoms with Crippen molar-refractivity contribution in [3.8, 4) is 0 Å². The van der Waals surface area contributed by atoms with Gasteiger partial charge in [0.15, 0.2) is 0 Å². The zero-order chi connectivity index (χ0) is 26.8. The van der Waals surface area contributed by atoms with E-state index in [9.17, 15) is 24.3 Å². The number of rotatable bonds is 14. The second-order valence-corrected chi connectivity index (χ2v) is 10.3. The Morgan fingerprint density at radius 1 is 1.00 bits per heavy atom. The van der Waals surface area contributed by atoms with Gasteiger partial charge in [-0.3, -0.25) is 14.4 Å². The minimum absolute atomic E-state index is 0.0602. The predicted molar refractivity (Wildman–Crippen MR) is 142 cm³/mol. The maximum Gasteiger partial charge on any atom is 0.326 e. The van der Waals surface area contributed by atoms with E-state index in [0.717, 1.165) is 16.5 Å². The van der Waals surface area contributed by atoms with Crippen LogP contribution in [0.25, 0.3) is 10.9 Å². The summed E-state index contributed by atoms with van der Waals surface area (Å²) in [5, 5.41) is 18.2. The fourth-order valence-corrected chi connectivity index (χ4v) is 4.25. The van der Waals surface area contributed by atoms with Crippen LogP contribution in [0.5, 0.6) is 0 Å². The number of nitrogens with two attached hydrogens (primary N) is 1. The lowest BCUT2D eigenvalue weighted by molar-refractivity contribution is -0.142. The van der Waals surface area contributed by atoms with Crippen molar-refractivity contribution in [1.29, 1.82) is 0 Å². The number of carbonyl (C=O) groups excluding carboxylic acids is 3. The van der Waals surface area contributed by atoms with Gasteiger partial charge in [0.25, 0.3) is 0 Å². The summed E-state index contributed by atoms with van der Waals surface area (Å²) in [7, 11) is 0. The highest BCUT2D eigenvalue weighted by Crippen LogP contribution is 2.18. The molecule has 7 N–H and O–H groups in total.